The first-order chi connectivity index (χ1) is 22.4. The number of aromatic nitrogens is 2. The van der Waals surface area contributed by atoms with Gasteiger partial charge >= 0.3 is 5.97 Å². The number of thioether (sulfide) groups is 2. The summed E-state index contributed by atoms with van der Waals surface area (Å²) in [5.74, 6) is -4.44. The van der Waals surface area contributed by atoms with Gasteiger partial charge in [-0.1, -0.05) is 23.9 Å². The maximum Gasteiger partial charge on any atom is 0.352 e. The Bertz CT molecular complexity index is 2040. The van der Waals surface area contributed by atoms with Crippen molar-refractivity contribution in [1.29, 1.82) is 0 Å². The molecule has 0 saturated carbocycles. The molecule has 0 spiro atoms. The molecule has 1 fully saturated rings. The third-order valence-corrected chi connectivity index (χ3v) is 9.55. The van der Waals surface area contributed by atoms with Crippen LogP contribution in [-0.4, -0.2) is 82.1 Å². The van der Waals surface area contributed by atoms with Gasteiger partial charge in [0.2, 0.25) is 17.2 Å². The minimum absolute atomic E-state index is 0.103. The molecule has 0 aliphatic carbocycles. The second-order valence-corrected chi connectivity index (χ2v) is 12.4. The Balaban J connectivity index is 1.22. The normalized spacial score (nSPS) is 18.0. The molecule has 0 bridgehead atoms. The number of carbonyl (C=O) groups is 4. The van der Waals surface area contributed by atoms with Gasteiger partial charge in [0.1, 0.15) is 46.3 Å². The first kappa shape index (κ1) is 31.5. The Labute approximate surface area is 271 Å². The molecule has 2 aromatic heterocycles. The summed E-state index contributed by atoms with van der Waals surface area (Å²) >= 11 is 2.36. The van der Waals surface area contributed by atoms with E-state index in [1.165, 1.54) is 36.0 Å². The van der Waals surface area contributed by atoms with E-state index in [-0.39, 0.29) is 44.7 Å². The molecule has 1 unspecified atom stereocenters. The SMILES string of the molecule is Cc1nnc(SCC2=C(C(=O)O)N3C(=O)[C@@H](NC(=O)C(NC(=O)c4coc5cc(O)c(O)cc5c4=O)c4ccc(O)cc4)[C@@H]3SC2)o1. The average Bonchev–Trinajstić information content (AvgIpc) is 3.47. The second-order valence-electron chi connectivity index (χ2n) is 10.3. The van der Waals surface area contributed by atoms with Crippen LogP contribution in [-0.2, 0) is 14.4 Å². The molecule has 47 heavy (non-hydrogen) atoms. The number of benzene rings is 2. The van der Waals surface area contributed by atoms with E-state index in [4.69, 9.17) is 8.83 Å². The molecule has 2 aliphatic heterocycles. The Morgan fingerprint density at radius 3 is 2.51 bits per heavy atom. The van der Waals surface area contributed by atoms with Crippen LogP contribution < -0.4 is 16.1 Å². The number of β-lactam (4-membered cyclic amide) rings is 1. The number of nitrogens with zero attached hydrogens (tertiary/aromatic N) is 3. The Hall–Kier alpha value is -5.49. The fraction of sp³-hybridized carbons (Fsp3) is 0.207. The fourth-order valence-corrected chi connectivity index (χ4v) is 7.29. The number of phenols is 3. The van der Waals surface area contributed by atoms with E-state index >= 15 is 0 Å². The van der Waals surface area contributed by atoms with Crippen LogP contribution in [0, 0.1) is 6.92 Å². The highest BCUT2D eigenvalue weighted by Gasteiger charge is 2.54. The molecule has 242 valence electrons. The zero-order valence-corrected chi connectivity index (χ0v) is 25.6. The Morgan fingerprint density at radius 2 is 1.83 bits per heavy atom. The fourth-order valence-electron chi connectivity index (χ4n) is 5.00. The summed E-state index contributed by atoms with van der Waals surface area (Å²) < 4.78 is 10.6. The third kappa shape index (κ3) is 5.95. The average molecular weight is 682 g/mol. The minimum atomic E-state index is -1.49. The van der Waals surface area contributed by atoms with Crippen molar-refractivity contribution < 1.29 is 48.4 Å². The van der Waals surface area contributed by atoms with Gasteiger partial charge in [-0.2, -0.15) is 0 Å². The summed E-state index contributed by atoms with van der Waals surface area (Å²) in [4.78, 5) is 66.6. The van der Waals surface area contributed by atoms with Gasteiger partial charge in [-0.25, -0.2) is 4.79 Å². The van der Waals surface area contributed by atoms with Crippen LogP contribution in [0.5, 0.6) is 17.2 Å². The van der Waals surface area contributed by atoms with Gasteiger partial charge in [0.05, 0.1) is 5.39 Å². The van der Waals surface area contributed by atoms with Crippen LogP contribution in [0.25, 0.3) is 11.0 Å². The monoisotopic (exact) mass is 681 g/mol. The number of aromatic hydroxyl groups is 3. The van der Waals surface area contributed by atoms with E-state index in [0.717, 1.165) is 35.1 Å². The van der Waals surface area contributed by atoms with Crippen LogP contribution in [0.15, 0.2) is 72.8 Å². The summed E-state index contributed by atoms with van der Waals surface area (Å²) in [5.41, 5.74) is -1.06. The molecule has 4 aromatic rings. The number of amides is 3. The zero-order chi connectivity index (χ0) is 33.6. The van der Waals surface area contributed by atoms with E-state index in [1.54, 1.807) is 6.92 Å². The lowest BCUT2D eigenvalue weighted by molar-refractivity contribution is -0.151. The second kappa shape index (κ2) is 12.4. The highest BCUT2D eigenvalue weighted by molar-refractivity contribution is 8.01. The van der Waals surface area contributed by atoms with Crippen molar-refractivity contribution in [3.05, 3.63) is 81.2 Å². The highest BCUT2D eigenvalue weighted by atomic mass is 32.2. The lowest BCUT2D eigenvalue weighted by Gasteiger charge is -2.49. The number of hydrogen-bond acceptors (Lipinski definition) is 14. The molecule has 2 aromatic carbocycles. The van der Waals surface area contributed by atoms with Crippen molar-refractivity contribution in [2.75, 3.05) is 11.5 Å². The lowest BCUT2D eigenvalue weighted by atomic mass is 10.0. The standard InChI is InChI=1S/C29H23N5O11S2/c1-11-32-33-29(45-11)47-10-13-9-46-27-21(26(41)34(27)22(13)28(42)43)31-25(40)20(12-2-4-14(35)5-3-12)30-24(39)16-8-44-19-7-18(37)17(36)6-15(19)23(16)38/h2-8,20-21,27,35-37H,9-10H2,1H3,(H,30,39)(H,31,40)(H,42,43)/t20?,21-,27+/m1/s1. The molecule has 18 heteroatoms. The van der Waals surface area contributed by atoms with E-state index in [9.17, 15) is 44.4 Å². The smallest absolute Gasteiger partial charge is 0.352 e. The van der Waals surface area contributed by atoms with Crippen LogP contribution in [0.3, 0.4) is 0 Å². The summed E-state index contributed by atoms with van der Waals surface area (Å²) in [7, 11) is 0. The van der Waals surface area contributed by atoms with Gasteiger partial charge in [0, 0.05) is 24.5 Å². The molecule has 3 atom stereocenters. The van der Waals surface area contributed by atoms with Gasteiger partial charge in [-0.15, -0.1) is 22.0 Å². The van der Waals surface area contributed by atoms with Crippen molar-refractivity contribution in [2.45, 2.75) is 29.6 Å². The molecular weight excluding hydrogens is 658 g/mol. The molecule has 6 N–H and O–H groups in total. The number of carboxylic acids is 1. The van der Waals surface area contributed by atoms with E-state index < -0.39 is 63.6 Å². The van der Waals surface area contributed by atoms with Gasteiger partial charge in [-0.05, 0) is 29.3 Å². The summed E-state index contributed by atoms with van der Waals surface area (Å²) in [6.07, 6.45) is 0.837. The Kier molecular flexibility index (Phi) is 8.29. The van der Waals surface area contributed by atoms with Crippen LogP contribution in [0.2, 0.25) is 0 Å². The molecule has 0 radical (unpaired) electrons. The predicted octanol–water partition coefficient (Wildman–Crippen LogP) is 1.60. The van der Waals surface area contributed by atoms with Crippen molar-refractivity contribution >= 4 is 58.2 Å². The largest absolute Gasteiger partial charge is 0.508 e. The number of carbonyl (C=O) groups excluding carboxylic acids is 3. The van der Waals surface area contributed by atoms with Crippen LogP contribution >= 0.6 is 23.5 Å². The first-order valence-electron chi connectivity index (χ1n) is 13.6. The molecule has 16 nitrogen and oxygen atoms in total. The molecule has 2 aliphatic rings. The number of nitrogens with one attached hydrogen (secondary N) is 2. The summed E-state index contributed by atoms with van der Waals surface area (Å²) in [5, 5.41) is 51.2. The van der Waals surface area contributed by atoms with E-state index in [1.807, 2.05) is 0 Å². The molecular formula is C29H23N5O11S2. The molecule has 1 saturated heterocycles. The molecule has 3 amide bonds. The van der Waals surface area contributed by atoms with Gasteiger partial charge in [-0.3, -0.25) is 24.1 Å². The number of phenolic OH excluding ortho intramolecular Hbond substituents is 3. The van der Waals surface area contributed by atoms with Crippen molar-refractivity contribution in [3.8, 4) is 17.2 Å². The quantitative estimate of drug-likeness (QED) is 0.0834. The molecule has 4 heterocycles. The van der Waals surface area contributed by atoms with Crippen LogP contribution in [0.1, 0.15) is 27.9 Å². The van der Waals surface area contributed by atoms with E-state index in [2.05, 4.69) is 20.8 Å². The number of aryl methyl sites for hydroxylation is 1. The topological polar surface area (TPSA) is 246 Å². The number of aliphatic carboxylic acids is 1. The number of rotatable bonds is 9. The first-order valence-corrected chi connectivity index (χ1v) is 15.7. The van der Waals surface area contributed by atoms with Gasteiger partial charge in [0.25, 0.3) is 17.0 Å². The maximum absolute atomic E-state index is 13.7. The summed E-state index contributed by atoms with van der Waals surface area (Å²) in [6.45, 7) is 1.62. The Morgan fingerprint density at radius 1 is 1.11 bits per heavy atom. The number of carboxylic acid groups (broad SMARTS) is 1. The lowest BCUT2D eigenvalue weighted by Crippen LogP contribution is -2.71. The summed E-state index contributed by atoms with van der Waals surface area (Å²) in [6, 6.07) is 4.56. The highest BCUT2D eigenvalue weighted by Crippen LogP contribution is 2.42. The van der Waals surface area contributed by atoms with Crippen LogP contribution in [0.4, 0.5) is 0 Å². The van der Waals surface area contributed by atoms with Crippen molar-refractivity contribution in [1.82, 2.24) is 25.7 Å². The van der Waals surface area contributed by atoms with Crippen molar-refractivity contribution in [3.63, 3.8) is 0 Å². The number of hydrogen-bond donors (Lipinski definition) is 6. The zero-order valence-electron chi connectivity index (χ0n) is 24.0. The number of fused-ring (bicyclic) bond motifs is 2. The molecule has 6 rings (SSSR count). The predicted molar refractivity (Wildman–Crippen MR) is 164 cm³/mol. The maximum atomic E-state index is 13.7. The van der Waals surface area contributed by atoms with E-state index in [0.29, 0.717) is 11.5 Å². The minimum Gasteiger partial charge on any atom is -0.508 e. The van der Waals surface area contributed by atoms with Gasteiger partial charge in [0.15, 0.2) is 11.5 Å². The third-order valence-electron chi connectivity index (χ3n) is 7.30. The van der Waals surface area contributed by atoms with Gasteiger partial charge < -0.3 is 39.9 Å². The van der Waals surface area contributed by atoms with Crippen molar-refractivity contribution in [2.24, 2.45) is 0 Å².